The Morgan fingerprint density at radius 2 is 0.900 bits per heavy atom. The lowest BCUT2D eigenvalue weighted by atomic mass is 9.98. The fourth-order valence-electron chi connectivity index (χ4n) is 7.63. The first kappa shape index (κ1) is 27.1. The van der Waals surface area contributed by atoms with Crippen molar-refractivity contribution in [3.8, 4) is 34.2 Å². The van der Waals surface area contributed by atoms with E-state index in [1.165, 1.54) is 16.2 Å². The Labute approximate surface area is 285 Å². The molecule has 3 aromatic heterocycles. The van der Waals surface area contributed by atoms with Crippen molar-refractivity contribution in [2.75, 3.05) is 0 Å². The van der Waals surface area contributed by atoms with Crippen molar-refractivity contribution < 1.29 is 8.83 Å². The average Bonchev–Trinajstić information content (AvgIpc) is 3.76. The maximum atomic E-state index is 6.45. The molecule has 0 aliphatic heterocycles. The predicted octanol–water partition coefficient (Wildman–Crippen LogP) is 12.1. The van der Waals surface area contributed by atoms with Crippen LogP contribution in [0.25, 0.3) is 110 Å². The molecule has 0 N–H and O–H groups in total. The van der Waals surface area contributed by atoms with Gasteiger partial charge in [0.1, 0.15) is 22.3 Å². The molecule has 11 rings (SSSR count). The molecule has 5 heteroatoms. The van der Waals surface area contributed by atoms with Crippen molar-refractivity contribution in [2.24, 2.45) is 0 Å². The highest BCUT2D eigenvalue weighted by Crippen LogP contribution is 2.41. The Morgan fingerprint density at radius 3 is 1.72 bits per heavy atom. The van der Waals surface area contributed by atoms with Gasteiger partial charge >= 0.3 is 0 Å². The molecule has 50 heavy (non-hydrogen) atoms. The Balaban J connectivity index is 1.22. The van der Waals surface area contributed by atoms with Crippen LogP contribution < -0.4 is 0 Å². The second kappa shape index (κ2) is 10.3. The molecule has 0 radical (unpaired) electrons. The SMILES string of the molecule is c1ccc2c(c1)ccc1cc(-c3nc(-c4cc5oc6ccccc6c5c5ccccc45)nc(-c4cccc5oc6ccccc6c45)n3)ccc12. The maximum Gasteiger partial charge on any atom is 0.164 e. The lowest BCUT2D eigenvalue weighted by Gasteiger charge is -2.12. The van der Waals surface area contributed by atoms with E-state index in [0.717, 1.165) is 76.7 Å². The Kier molecular flexibility index (Phi) is 5.60. The molecule has 0 fully saturated rings. The third-order valence-electron chi connectivity index (χ3n) is 9.91. The van der Waals surface area contributed by atoms with Gasteiger partial charge in [-0.3, -0.25) is 0 Å². The van der Waals surface area contributed by atoms with E-state index in [2.05, 4.69) is 109 Å². The van der Waals surface area contributed by atoms with E-state index in [4.69, 9.17) is 23.8 Å². The molecule has 0 aliphatic carbocycles. The van der Waals surface area contributed by atoms with Crippen molar-refractivity contribution in [2.45, 2.75) is 0 Å². The predicted molar refractivity (Wildman–Crippen MR) is 203 cm³/mol. The average molecular weight is 640 g/mol. The minimum atomic E-state index is 0.576. The van der Waals surface area contributed by atoms with Gasteiger partial charge in [-0.2, -0.15) is 0 Å². The van der Waals surface area contributed by atoms with Crippen LogP contribution in [-0.4, -0.2) is 15.0 Å². The summed E-state index contributed by atoms with van der Waals surface area (Å²) in [6.07, 6.45) is 0. The van der Waals surface area contributed by atoms with Gasteiger partial charge in [-0.25, -0.2) is 15.0 Å². The van der Waals surface area contributed by atoms with E-state index in [1.54, 1.807) is 0 Å². The molecule has 3 heterocycles. The molecule has 0 saturated heterocycles. The van der Waals surface area contributed by atoms with E-state index >= 15 is 0 Å². The van der Waals surface area contributed by atoms with Crippen LogP contribution in [0.1, 0.15) is 0 Å². The van der Waals surface area contributed by atoms with E-state index < -0.39 is 0 Å². The van der Waals surface area contributed by atoms with Crippen molar-refractivity contribution in [1.82, 2.24) is 15.0 Å². The molecule has 0 spiro atoms. The number of hydrogen-bond acceptors (Lipinski definition) is 5. The van der Waals surface area contributed by atoms with Crippen LogP contribution in [0.5, 0.6) is 0 Å². The lowest BCUT2D eigenvalue weighted by molar-refractivity contribution is 0.669. The first-order chi connectivity index (χ1) is 24.8. The minimum Gasteiger partial charge on any atom is -0.456 e. The van der Waals surface area contributed by atoms with Gasteiger partial charge in [0.05, 0.1) is 0 Å². The number of fused-ring (bicyclic) bond motifs is 11. The maximum absolute atomic E-state index is 6.45. The zero-order valence-electron chi connectivity index (χ0n) is 26.6. The first-order valence-electron chi connectivity index (χ1n) is 16.7. The summed E-state index contributed by atoms with van der Waals surface area (Å²) in [5.74, 6) is 1.75. The molecule has 0 bridgehead atoms. The van der Waals surface area contributed by atoms with Crippen LogP contribution in [0.2, 0.25) is 0 Å². The van der Waals surface area contributed by atoms with Crippen LogP contribution in [-0.2, 0) is 0 Å². The molecule has 232 valence electrons. The Morgan fingerprint density at radius 1 is 0.320 bits per heavy atom. The molecule has 0 amide bonds. The topological polar surface area (TPSA) is 65.0 Å². The summed E-state index contributed by atoms with van der Waals surface area (Å²) in [6.45, 7) is 0. The summed E-state index contributed by atoms with van der Waals surface area (Å²) < 4.78 is 12.7. The highest BCUT2D eigenvalue weighted by molar-refractivity contribution is 6.22. The summed E-state index contributed by atoms with van der Waals surface area (Å²) in [7, 11) is 0. The van der Waals surface area contributed by atoms with Crippen molar-refractivity contribution >= 4 is 76.2 Å². The summed E-state index contributed by atoms with van der Waals surface area (Å²) in [5.41, 5.74) is 5.95. The molecular weight excluding hydrogens is 615 g/mol. The van der Waals surface area contributed by atoms with Crippen molar-refractivity contribution in [1.29, 1.82) is 0 Å². The number of rotatable bonds is 3. The quantitative estimate of drug-likeness (QED) is 0.180. The van der Waals surface area contributed by atoms with Gasteiger partial charge in [0.2, 0.25) is 0 Å². The highest BCUT2D eigenvalue weighted by atomic mass is 16.3. The number of furan rings is 2. The van der Waals surface area contributed by atoms with Gasteiger partial charge in [0.25, 0.3) is 0 Å². The second-order valence-electron chi connectivity index (χ2n) is 12.7. The zero-order chi connectivity index (χ0) is 32.8. The van der Waals surface area contributed by atoms with Gasteiger partial charge in [-0.1, -0.05) is 121 Å². The summed E-state index contributed by atoms with van der Waals surface area (Å²) in [6, 6.07) is 52.2. The van der Waals surface area contributed by atoms with Gasteiger partial charge in [-0.15, -0.1) is 0 Å². The number of hydrogen-bond donors (Lipinski definition) is 0. The monoisotopic (exact) mass is 639 g/mol. The van der Waals surface area contributed by atoms with E-state index in [0.29, 0.717) is 17.5 Å². The molecule has 11 aromatic rings. The third kappa shape index (κ3) is 3.98. The van der Waals surface area contributed by atoms with E-state index in [9.17, 15) is 0 Å². The lowest BCUT2D eigenvalue weighted by Crippen LogP contribution is -2.01. The van der Waals surface area contributed by atoms with Gasteiger partial charge in [-0.05, 0) is 62.6 Å². The number of benzene rings is 8. The van der Waals surface area contributed by atoms with Gasteiger partial charge in [0, 0.05) is 38.2 Å². The molecular formula is C45H25N3O2. The van der Waals surface area contributed by atoms with Crippen molar-refractivity contribution in [3.63, 3.8) is 0 Å². The zero-order valence-corrected chi connectivity index (χ0v) is 26.6. The second-order valence-corrected chi connectivity index (χ2v) is 12.7. The summed E-state index contributed by atoms with van der Waals surface area (Å²) in [5, 5.41) is 11.1. The summed E-state index contributed by atoms with van der Waals surface area (Å²) in [4.78, 5) is 15.7. The third-order valence-corrected chi connectivity index (χ3v) is 9.91. The number of aromatic nitrogens is 3. The molecule has 5 nitrogen and oxygen atoms in total. The molecule has 8 aromatic carbocycles. The largest absolute Gasteiger partial charge is 0.456 e. The molecule has 0 atom stereocenters. The Hall–Kier alpha value is -6.85. The number of nitrogens with zero attached hydrogens (tertiary/aromatic N) is 3. The van der Waals surface area contributed by atoms with Gasteiger partial charge < -0.3 is 8.83 Å². The van der Waals surface area contributed by atoms with Crippen LogP contribution in [0.4, 0.5) is 0 Å². The standard InChI is InChI=1S/C45H25N3O2/c1-2-11-29-26(10-1)20-21-27-24-28(22-23-30(27)29)43-46-44(35-16-9-19-39-42(35)34-15-6-7-17-37(34)49-39)48-45(47-43)36-25-40-41(32-13-4-3-12-31(32)36)33-14-5-8-18-38(33)50-40/h1-25H. The molecule has 0 aliphatic rings. The molecule has 0 unspecified atom stereocenters. The van der Waals surface area contributed by atoms with Crippen LogP contribution in [0, 0.1) is 0 Å². The fourth-order valence-corrected chi connectivity index (χ4v) is 7.63. The van der Waals surface area contributed by atoms with Gasteiger partial charge in [0.15, 0.2) is 17.5 Å². The van der Waals surface area contributed by atoms with Crippen LogP contribution in [0.3, 0.4) is 0 Å². The normalized spacial score (nSPS) is 12.0. The fraction of sp³-hybridized carbons (Fsp3) is 0. The van der Waals surface area contributed by atoms with E-state index in [1.807, 2.05) is 42.5 Å². The first-order valence-corrected chi connectivity index (χ1v) is 16.7. The minimum absolute atomic E-state index is 0.576. The Bertz CT molecular complexity index is 3170. The molecule has 0 saturated carbocycles. The van der Waals surface area contributed by atoms with E-state index in [-0.39, 0.29) is 0 Å². The summed E-state index contributed by atoms with van der Waals surface area (Å²) >= 11 is 0. The van der Waals surface area contributed by atoms with Crippen molar-refractivity contribution in [3.05, 3.63) is 152 Å². The van der Waals surface area contributed by atoms with Crippen LogP contribution >= 0.6 is 0 Å². The smallest absolute Gasteiger partial charge is 0.164 e. The number of para-hydroxylation sites is 2. The van der Waals surface area contributed by atoms with Crippen LogP contribution in [0.15, 0.2) is 160 Å². The highest BCUT2D eigenvalue weighted by Gasteiger charge is 2.21.